The van der Waals surface area contributed by atoms with Crippen LogP contribution < -0.4 is 5.32 Å². The van der Waals surface area contributed by atoms with Crippen LogP contribution in [0.4, 0.5) is 5.69 Å². The standard InChI is InChI=1S/C13H10BrCl2N3O/c1-2-8-3-7(4-11(15)18-8)13(20)19-9-5-10(14)12(16)17-6-9/h3-6H,2H2,1H3,(H,19,20). The van der Waals surface area contributed by atoms with Crippen molar-refractivity contribution in [2.24, 2.45) is 0 Å². The lowest BCUT2D eigenvalue weighted by molar-refractivity contribution is 0.102. The molecule has 0 spiro atoms. The van der Waals surface area contributed by atoms with E-state index in [1.807, 2.05) is 6.92 Å². The second-order valence-corrected chi connectivity index (χ2v) is 5.57. The van der Waals surface area contributed by atoms with E-state index in [0.717, 1.165) is 5.69 Å². The highest BCUT2D eigenvalue weighted by atomic mass is 79.9. The summed E-state index contributed by atoms with van der Waals surface area (Å²) in [5.74, 6) is -0.278. The maximum atomic E-state index is 12.2. The van der Waals surface area contributed by atoms with Crippen LogP contribution >= 0.6 is 39.1 Å². The molecule has 0 aromatic carbocycles. The smallest absolute Gasteiger partial charge is 0.255 e. The molecule has 2 heterocycles. The van der Waals surface area contributed by atoms with Gasteiger partial charge in [-0.15, -0.1) is 0 Å². The van der Waals surface area contributed by atoms with Gasteiger partial charge in [0.1, 0.15) is 10.3 Å². The minimum Gasteiger partial charge on any atom is -0.321 e. The molecule has 0 aliphatic heterocycles. The molecule has 0 unspecified atom stereocenters. The largest absolute Gasteiger partial charge is 0.321 e. The van der Waals surface area contributed by atoms with E-state index in [2.05, 4.69) is 31.2 Å². The molecule has 1 amide bonds. The molecule has 7 heteroatoms. The summed E-state index contributed by atoms with van der Waals surface area (Å²) in [4.78, 5) is 20.2. The number of amides is 1. The molecule has 0 saturated carbocycles. The van der Waals surface area contributed by atoms with Crippen LogP contribution in [0.15, 0.2) is 28.9 Å². The van der Waals surface area contributed by atoms with E-state index in [0.29, 0.717) is 32.5 Å². The molecule has 2 aromatic heterocycles. The van der Waals surface area contributed by atoms with Crippen LogP contribution in [0.25, 0.3) is 0 Å². The molecule has 1 N–H and O–H groups in total. The molecule has 0 radical (unpaired) electrons. The van der Waals surface area contributed by atoms with Gasteiger partial charge in [-0.05, 0) is 40.5 Å². The van der Waals surface area contributed by atoms with E-state index in [-0.39, 0.29) is 5.91 Å². The fourth-order valence-corrected chi connectivity index (χ4v) is 2.23. The number of nitrogens with zero attached hydrogens (tertiary/aromatic N) is 2. The second kappa shape index (κ2) is 6.52. The van der Waals surface area contributed by atoms with Gasteiger partial charge in [-0.1, -0.05) is 30.1 Å². The van der Waals surface area contributed by atoms with Crippen molar-refractivity contribution >= 4 is 50.7 Å². The molecule has 0 aliphatic rings. The van der Waals surface area contributed by atoms with Crippen molar-refractivity contribution in [1.29, 1.82) is 0 Å². The molecule has 0 saturated heterocycles. The fraction of sp³-hybridized carbons (Fsp3) is 0.154. The first-order chi connectivity index (χ1) is 9.49. The number of pyridine rings is 2. The van der Waals surface area contributed by atoms with E-state index in [1.165, 1.54) is 12.3 Å². The van der Waals surface area contributed by atoms with Gasteiger partial charge in [0, 0.05) is 11.3 Å². The lowest BCUT2D eigenvalue weighted by atomic mass is 10.2. The fourth-order valence-electron chi connectivity index (χ4n) is 1.56. The third-order valence-electron chi connectivity index (χ3n) is 2.53. The second-order valence-electron chi connectivity index (χ2n) is 3.97. The number of hydrogen-bond donors (Lipinski definition) is 1. The maximum Gasteiger partial charge on any atom is 0.255 e. The Bertz CT molecular complexity index is 664. The Morgan fingerprint density at radius 1 is 1.35 bits per heavy atom. The summed E-state index contributed by atoms with van der Waals surface area (Å²) in [5, 5.41) is 3.36. The van der Waals surface area contributed by atoms with E-state index in [1.54, 1.807) is 12.1 Å². The Morgan fingerprint density at radius 3 is 2.75 bits per heavy atom. The van der Waals surface area contributed by atoms with Crippen molar-refractivity contribution in [1.82, 2.24) is 9.97 Å². The van der Waals surface area contributed by atoms with E-state index < -0.39 is 0 Å². The highest BCUT2D eigenvalue weighted by molar-refractivity contribution is 9.10. The molecule has 0 atom stereocenters. The van der Waals surface area contributed by atoms with Crippen molar-refractivity contribution in [3.8, 4) is 0 Å². The van der Waals surface area contributed by atoms with Crippen LogP contribution in [0, 0.1) is 0 Å². The highest BCUT2D eigenvalue weighted by Gasteiger charge is 2.10. The number of aromatic nitrogens is 2. The number of hydrogen-bond acceptors (Lipinski definition) is 3. The van der Waals surface area contributed by atoms with Gasteiger partial charge in [0.25, 0.3) is 5.91 Å². The van der Waals surface area contributed by atoms with Gasteiger partial charge in [0.15, 0.2) is 0 Å². The van der Waals surface area contributed by atoms with Crippen LogP contribution in [-0.4, -0.2) is 15.9 Å². The van der Waals surface area contributed by atoms with Crippen molar-refractivity contribution in [3.05, 3.63) is 50.4 Å². The number of aryl methyl sites for hydroxylation is 1. The van der Waals surface area contributed by atoms with E-state index in [9.17, 15) is 4.79 Å². The minimum absolute atomic E-state index is 0.278. The normalized spacial score (nSPS) is 10.4. The van der Waals surface area contributed by atoms with Crippen LogP contribution in [0.5, 0.6) is 0 Å². The maximum absolute atomic E-state index is 12.2. The van der Waals surface area contributed by atoms with Crippen molar-refractivity contribution < 1.29 is 4.79 Å². The average Bonchev–Trinajstić information content (AvgIpc) is 2.42. The summed E-state index contributed by atoms with van der Waals surface area (Å²) in [6, 6.07) is 4.91. The molecule has 2 rings (SSSR count). The van der Waals surface area contributed by atoms with Gasteiger partial charge in [-0.3, -0.25) is 4.79 Å². The van der Waals surface area contributed by atoms with Crippen molar-refractivity contribution in [2.45, 2.75) is 13.3 Å². The Labute approximate surface area is 134 Å². The predicted molar refractivity (Wildman–Crippen MR) is 83.5 cm³/mol. The van der Waals surface area contributed by atoms with Crippen molar-refractivity contribution in [2.75, 3.05) is 5.32 Å². The Morgan fingerprint density at radius 2 is 2.10 bits per heavy atom. The number of rotatable bonds is 3. The summed E-state index contributed by atoms with van der Waals surface area (Å²) in [6.45, 7) is 1.95. The molecule has 4 nitrogen and oxygen atoms in total. The van der Waals surface area contributed by atoms with Gasteiger partial charge in [0.05, 0.1) is 16.4 Å². The SMILES string of the molecule is CCc1cc(C(=O)Nc2cnc(Cl)c(Br)c2)cc(Cl)n1. The quantitative estimate of drug-likeness (QED) is 0.812. The van der Waals surface area contributed by atoms with Crippen LogP contribution in [0.1, 0.15) is 23.0 Å². The van der Waals surface area contributed by atoms with E-state index >= 15 is 0 Å². The number of nitrogens with one attached hydrogen (secondary N) is 1. The Hall–Kier alpha value is -1.17. The topological polar surface area (TPSA) is 54.9 Å². The first-order valence-electron chi connectivity index (χ1n) is 5.78. The van der Waals surface area contributed by atoms with Crippen LogP contribution in [0.3, 0.4) is 0 Å². The summed E-state index contributed by atoms with van der Waals surface area (Å²) < 4.78 is 0.610. The number of carbonyl (C=O) groups excluding carboxylic acids is 1. The first-order valence-corrected chi connectivity index (χ1v) is 7.33. The molecule has 0 bridgehead atoms. The third kappa shape index (κ3) is 3.69. The molecule has 2 aromatic rings. The monoisotopic (exact) mass is 373 g/mol. The van der Waals surface area contributed by atoms with Gasteiger partial charge >= 0.3 is 0 Å². The molecule has 20 heavy (non-hydrogen) atoms. The Kier molecular flexibility index (Phi) is 4.96. The number of anilines is 1. The van der Waals surface area contributed by atoms with Crippen molar-refractivity contribution in [3.63, 3.8) is 0 Å². The van der Waals surface area contributed by atoms with Gasteiger partial charge in [-0.2, -0.15) is 0 Å². The first kappa shape index (κ1) is 15.2. The lowest BCUT2D eigenvalue weighted by Crippen LogP contribution is -2.13. The summed E-state index contributed by atoms with van der Waals surface area (Å²) >= 11 is 14.9. The predicted octanol–water partition coefficient (Wildman–Crippen LogP) is 4.36. The summed E-state index contributed by atoms with van der Waals surface area (Å²) in [6.07, 6.45) is 2.18. The Balaban J connectivity index is 2.23. The highest BCUT2D eigenvalue weighted by Crippen LogP contribution is 2.23. The molecule has 0 aliphatic carbocycles. The molecule has 104 valence electrons. The minimum atomic E-state index is -0.278. The zero-order valence-corrected chi connectivity index (χ0v) is 13.6. The lowest BCUT2D eigenvalue weighted by Gasteiger charge is -2.07. The summed E-state index contributed by atoms with van der Waals surface area (Å²) in [5.41, 5.74) is 1.75. The zero-order chi connectivity index (χ0) is 14.7. The summed E-state index contributed by atoms with van der Waals surface area (Å²) in [7, 11) is 0. The molecular formula is C13H10BrCl2N3O. The zero-order valence-electron chi connectivity index (χ0n) is 10.5. The van der Waals surface area contributed by atoms with Gasteiger partial charge < -0.3 is 5.32 Å². The van der Waals surface area contributed by atoms with Crippen LogP contribution in [-0.2, 0) is 6.42 Å². The molecular weight excluding hydrogens is 365 g/mol. The number of halogens is 3. The van der Waals surface area contributed by atoms with Gasteiger partial charge in [0.2, 0.25) is 0 Å². The molecule has 0 fully saturated rings. The van der Waals surface area contributed by atoms with Crippen LogP contribution in [0.2, 0.25) is 10.3 Å². The average molecular weight is 375 g/mol. The van der Waals surface area contributed by atoms with E-state index in [4.69, 9.17) is 23.2 Å². The third-order valence-corrected chi connectivity index (χ3v) is 3.85. The van der Waals surface area contributed by atoms with Gasteiger partial charge in [-0.25, -0.2) is 9.97 Å². The number of carbonyl (C=O) groups is 1.